The first-order valence-corrected chi connectivity index (χ1v) is 11.9. The van der Waals surface area contributed by atoms with Crippen LogP contribution in [-0.4, -0.2) is 47.8 Å². The molecule has 1 aliphatic heterocycles. The van der Waals surface area contributed by atoms with Crippen molar-refractivity contribution < 1.29 is 4.79 Å². The van der Waals surface area contributed by atoms with Gasteiger partial charge in [-0.15, -0.1) is 0 Å². The molecule has 1 atom stereocenters. The lowest BCUT2D eigenvalue weighted by atomic mass is 9.89. The molecule has 2 fully saturated rings. The van der Waals surface area contributed by atoms with Crippen LogP contribution in [0.4, 0.5) is 0 Å². The Morgan fingerprint density at radius 3 is 2.72 bits per heavy atom. The third kappa shape index (κ3) is 3.87. The highest BCUT2D eigenvalue weighted by Gasteiger charge is 2.31. The van der Waals surface area contributed by atoms with Gasteiger partial charge in [-0.05, 0) is 57.2 Å². The Bertz CT molecular complexity index is 1180. The maximum atomic E-state index is 13.5. The molecule has 0 radical (unpaired) electrons. The fourth-order valence-corrected chi connectivity index (χ4v) is 5.48. The molecule has 3 aromatic rings. The van der Waals surface area contributed by atoms with E-state index in [1.54, 1.807) is 10.9 Å². The lowest BCUT2D eigenvalue weighted by molar-refractivity contribution is -0.131. The number of carbonyl (C=O) groups is 1. The average molecular weight is 437 g/mol. The summed E-state index contributed by atoms with van der Waals surface area (Å²) in [5.74, 6) is 0.605. The van der Waals surface area contributed by atoms with Gasteiger partial charge >= 0.3 is 5.69 Å². The second-order valence-corrected chi connectivity index (χ2v) is 9.48. The normalized spacial score (nSPS) is 19.8. The molecule has 1 aliphatic carbocycles. The molecular weight excluding hydrogens is 404 g/mol. The van der Waals surface area contributed by atoms with Crippen LogP contribution in [0, 0.1) is 19.8 Å². The fraction of sp³-hybridized carbons (Fsp3) is 0.583. The van der Waals surface area contributed by atoms with Gasteiger partial charge in [0, 0.05) is 31.5 Å². The van der Waals surface area contributed by atoms with E-state index >= 15 is 0 Å². The number of fused-ring (bicyclic) bond motifs is 1. The first-order chi connectivity index (χ1) is 15.5. The van der Waals surface area contributed by atoms with E-state index in [0.29, 0.717) is 19.0 Å². The highest BCUT2D eigenvalue weighted by atomic mass is 16.2. The maximum Gasteiger partial charge on any atom is 0.330 e. The average Bonchev–Trinajstić information content (AvgIpc) is 3.46. The number of likely N-dealkylation sites (tertiary alicyclic amines) is 1. The number of imidazole rings is 1. The highest BCUT2D eigenvalue weighted by Crippen LogP contribution is 2.28. The van der Waals surface area contributed by atoms with E-state index in [4.69, 9.17) is 0 Å². The summed E-state index contributed by atoms with van der Waals surface area (Å²) in [7, 11) is 0. The van der Waals surface area contributed by atoms with E-state index in [-0.39, 0.29) is 24.2 Å². The van der Waals surface area contributed by atoms with Crippen molar-refractivity contribution in [2.45, 2.75) is 71.5 Å². The zero-order valence-electron chi connectivity index (χ0n) is 19.0. The van der Waals surface area contributed by atoms with Gasteiger partial charge in [0.05, 0.1) is 17.3 Å². The van der Waals surface area contributed by atoms with Gasteiger partial charge < -0.3 is 4.90 Å². The highest BCUT2D eigenvalue weighted by molar-refractivity contribution is 5.76. The molecular formula is C24H32N6O2. The molecule has 4 heterocycles. The maximum absolute atomic E-state index is 13.5. The predicted octanol–water partition coefficient (Wildman–Crippen LogP) is 3.07. The van der Waals surface area contributed by atoms with E-state index in [1.165, 1.54) is 32.1 Å². The number of amides is 1. The number of pyridine rings is 1. The minimum absolute atomic E-state index is 0.0158. The van der Waals surface area contributed by atoms with Crippen LogP contribution in [0.2, 0.25) is 0 Å². The van der Waals surface area contributed by atoms with Gasteiger partial charge in [0.1, 0.15) is 6.54 Å². The van der Waals surface area contributed by atoms with Crippen molar-refractivity contribution in [3.63, 3.8) is 0 Å². The summed E-state index contributed by atoms with van der Waals surface area (Å²) >= 11 is 0. The summed E-state index contributed by atoms with van der Waals surface area (Å²) in [5.41, 5.74) is 3.57. The minimum atomic E-state index is -0.0445. The fourth-order valence-electron chi connectivity index (χ4n) is 5.48. The first kappa shape index (κ1) is 21.0. The Labute approximate surface area is 187 Å². The zero-order valence-corrected chi connectivity index (χ0v) is 19.0. The predicted molar refractivity (Wildman–Crippen MR) is 123 cm³/mol. The van der Waals surface area contributed by atoms with Crippen LogP contribution in [0.1, 0.15) is 56.0 Å². The van der Waals surface area contributed by atoms with Crippen LogP contribution in [-0.2, 0) is 17.9 Å². The van der Waals surface area contributed by atoms with Crippen LogP contribution in [0.25, 0.3) is 11.2 Å². The molecule has 3 aromatic heterocycles. The van der Waals surface area contributed by atoms with E-state index in [9.17, 15) is 9.59 Å². The molecule has 170 valence electrons. The topological polar surface area (TPSA) is 78.0 Å². The molecule has 32 heavy (non-hydrogen) atoms. The van der Waals surface area contributed by atoms with E-state index in [1.807, 2.05) is 46.1 Å². The number of carbonyl (C=O) groups excluding carboxylic acids is 1. The first-order valence-electron chi connectivity index (χ1n) is 11.9. The number of hydrogen-bond acceptors (Lipinski definition) is 4. The number of aromatic nitrogens is 5. The molecule has 0 N–H and O–H groups in total. The van der Waals surface area contributed by atoms with Gasteiger partial charge in [0.25, 0.3) is 0 Å². The molecule has 5 rings (SSSR count). The van der Waals surface area contributed by atoms with Gasteiger partial charge in [-0.2, -0.15) is 5.10 Å². The summed E-state index contributed by atoms with van der Waals surface area (Å²) in [6, 6.07) is 5.84. The lowest BCUT2D eigenvalue weighted by Gasteiger charge is -2.21. The van der Waals surface area contributed by atoms with Gasteiger partial charge in [-0.25, -0.2) is 9.78 Å². The third-order valence-corrected chi connectivity index (χ3v) is 7.16. The smallest absolute Gasteiger partial charge is 0.330 e. The van der Waals surface area contributed by atoms with Crippen molar-refractivity contribution in [1.29, 1.82) is 0 Å². The Morgan fingerprint density at radius 2 is 1.97 bits per heavy atom. The summed E-state index contributed by atoms with van der Waals surface area (Å²) in [6.45, 7) is 6.09. The number of rotatable bonds is 5. The summed E-state index contributed by atoms with van der Waals surface area (Å²) < 4.78 is 5.53. The Kier molecular flexibility index (Phi) is 5.61. The summed E-state index contributed by atoms with van der Waals surface area (Å²) in [5, 5.41) is 4.41. The van der Waals surface area contributed by atoms with E-state index < -0.39 is 0 Å². The van der Waals surface area contributed by atoms with Gasteiger partial charge in [-0.1, -0.05) is 19.3 Å². The van der Waals surface area contributed by atoms with E-state index in [2.05, 4.69) is 10.1 Å². The standard InChI is InChI=1S/C24H32N6O2/c1-17-13-18(2)29(26-17)16-22(31)27-12-10-20(15-27)30-23-21(9-6-11-25-23)28(24(30)32)14-19-7-4-3-5-8-19/h6,9,11,13,19-20H,3-5,7-8,10,12,14-16H2,1-2H3/t20-/m1/s1. The summed E-state index contributed by atoms with van der Waals surface area (Å²) in [4.78, 5) is 32.9. The molecule has 0 aromatic carbocycles. The van der Waals surface area contributed by atoms with Crippen molar-refractivity contribution in [1.82, 2.24) is 28.8 Å². The molecule has 0 unspecified atom stereocenters. The van der Waals surface area contributed by atoms with Gasteiger partial charge in [0.2, 0.25) is 5.91 Å². The van der Waals surface area contributed by atoms with Crippen LogP contribution < -0.4 is 5.69 Å². The second-order valence-electron chi connectivity index (χ2n) is 9.48. The van der Waals surface area contributed by atoms with Gasteiger partial charge in [0.15, 0.2) is 5.65 Å². The number of nitrogens with zero attached hydrogens (tertiary/aromatic N) is 6. The molecule has 0 bridgehead atoms. The number of hydrogen-bond donors (Lipinski definition) is 0. The second kappa shape index (κ2) is 8.56. The lowest BCUT2D eigenvalue weighted by Crippen LogP contribution is -2.34. The minimum Gasteiger partial charge on any atom is -0.339 e. The zero-order chi connectivity index (χ0) is 22.2. The molecule has 8 heteroatoms. The quantitative estimate of drug-likeness (QED) is 0.616. The SMILES string of the molecule is Cc1cc(C)n(CC(=O)N2CC[C@@H](n3c(=O)n(CC4CCCCC4)c4cccnc43)C2)n1. The van der Waals surface area contributed by atoms with Crippen molar-refractivity contribution in [3.8, 4) is 0 Å². The Morgan fingerprint density at radius 1 is 1.16 bits per heavy atom. The summed E-state index contributed by atoms with van der Waals surface area (Å²) in [6.07, 6.45) is 8.72. The van der Waals surface area contributed by atoms with Crippen molar-refractivity contribution in [2.24, 2.45) is 5.92 Å². The van der Waals surface area contributed by atoms with E-state index in [0.717, 1.165) is 35.5 Å². The van der Waals surface area contributed by atoms with Crippen molar-refractivity contribution in [3.05, 3.63) is 46.3 Å². The molecule has 1 saturated carbocycles. The van der Waals surface area contributed by atoms with Crippen LogP contribution in [0.5, 0.6) is 0 Å². The molecule has 8 nitrogen and oxygen atoms in total. The Balaban J connectivity index is 1.38. The number of aryl methyl sites for hydroxylation is 2. The van der Waals surface area contributed by atoms with Crippen molar-refractivity contribution >= 4 is 17.1 Å². The van der Waals surface area contributed by atoms with Crippen LogP contribution in [0.15, 0.2) is 29.2 Å². The van der Waals surface area contributed by atoms with Crippen LogP contribution >= 0.6 is 0 Å². The largest absolute Gasteiger partial charge is 0.339 e. The van der Waals surface area contributed by atoms with Gasteiger partial charge in [-0.3, -0.25) is 18.6 Å². The third-order valence-electron chi connectivity index (χ3n) is 7.16. The Hall–Kier alpha value is -2.90. The molecule has 2 aliphatic rings. The van der Waals surface area contributed by atoms with Crippen molar-refractivity contribution in [2.75, 3.05) is 13.1 Å². The van der Waals surface area contributed by atoms with Crippen LogP contribution in [0.3, 0.4) is 0 Å². The molecule has 1 saturated heterocycles. The molecule has 0 spiro atoms. The monoisotopic (exact) mass is 436 g/mol. The molecule has 1 amide bonds.